The molecule has 2 rings (SSSR count). The van der Waals surface area contributed by atoms with E-state index < -0.39 is 12.0 Å². The lowest BCUT2D eigenvalue weighted by atomic mass is 10.3. The second-order valence-corrected chi connectivity index (χ2v) is 2.97. The molecule has 2 heterocycles. The van der Waals surface area contributed by atoms with E-state index in [2.05, 4.69) is 9.98 Å². The fraction of sp³-hybridized carbons (Fsp3) is 0.222. The zero-order chi connectivity index (χ0) is 10.8. The van der Waals surface area contributed by atoms with Crippen LogP contribution in [0.4, 0.5) is 0 Å². The predicted octanol–water partition coefficient (Wildman–Crippen LogP) is 0.0172. The molecule has 1 aromatic heterocycles. The van der Waals surface area contributed by atoms with E-state index in [0.717, 1.165) is 0 Å². The van der Waals surface area contributed by atoms with Crippen molar-refractivity contribution in [3.63, 3.8) is 0 Å². The number of carboxylic acids is 1. The van der Waals surface area contributed by atoms with Gasteiger partial charge in [0.2, 0.25) is 5.90 Å². The molecule has 0 aliphatic carbocycles. The third-order valence-corrected chi connectivity index (χ3v) is 1.93. The van der Waals surface area contributed by atoms with Gasteiger partial charge >= 0.3 is 5.97 Å². The fourth-order valence-corrected chi connectivity index (χ4v) is 1.19. The van der Waals surface area contributed by atoms with Gasteiger partial charge in [-0.3, -0.25) is 0 Å². The predicted molar refractivity (Wildman–Crippen MR) is 49.8 cm³/mol. The molecular formula is C9H8N2O4. The summed E-state index contributed by atoms with van der Waals surface area (Å²) in [4.78, 5) is 18.2. The topological polar surface area (TPSA) is 92.0 Å². The van der Waals surface area contributed by atoms with E-state index in [4.69, 9.17) is 9.84 Å². The molecule has 6 heteroatoms. The SMILES string of the molecule is O=C(O)[C@H]1COC(c2ncccc2O)=N1. The van der Waals surface area contributed by atoms with Gasteiger partial charge in [0.25, 0.3) is 0 Å². The van der Waals surface area contributed by atoms with Gasteiger partial charge in [-0.25, -0.2) is 14.8 Å². The first-order valence-corrected chi connectivity index (χ1v) is 4.26. The number of nitrogens with zero attached hydrogens (tertiary/aromatic N) is 2. The number of aromatic nitrogens is 1. The molecule has 0 amide bonds. The molecule has 1 aliphatic heterocycles. The molecule has 0 fully saturated rings. The standard InChI is InChI=1S/C9H8N2O4/c12-6-2-1-3-10-7(6)8-11-5(4-15-8)9(13)14/h1-3,5,12H,4H2,(H,13,14)/t5-/m1/s1. The smallest absolute Gasteiger partial charge is 0.332 e. The summed E-state index contributed by atoms with van der Waals surface area (Å²) in [6.07, 6.45) is 1.47. The van der Waals surface area contributed by atoms with Crippen LogP contribution in [-0.4, -0.2) is 39.7 Å². The van der Waals surface area contributed by atoms with Crippen molar-refractivity contribution in [2.24, 2.45) is 4.99 Å². The molecular weight excluding hydrogens is 200 g/mol. The van der Waals surface area contributed by atoms with Crippen molar-refractivity contribution >= 4 is 11.9 Å². The second-order valence-electron chi connectivity index (χ2n) is 2.97. The van der Waals surface area contributed by atoms with E-state index >= 15 is 0 Å². The molecule has 1 aromatic rings. The zero-order valence-corrected chi connectivity index (χ0v) is 7.62. The van der Waals surface area contributed by atoms with Crippen molar-refractivity contribution in [2.45, 2.75) is 6.04 Å². The number of carbonyl (C=O) groups is 1. The van der Waals surface area contributed by atoms with Crippen molar-refractivity contribution in [3.8, 4) is 5.75 Å². The van der Waals surface area contributed by atoms with Crippen LogP contribution < -0.4 is 0 Å². The van der Waals surface area contributed by atoms with Crippen LogP contribution in [0.3, 0.4) is 0 Å². The monoisotopic (exact) mass is 208 g/mol. The molecule has 6 nitrogen and oxygen atoms in total. The molecule has 1 atom stereocenters. The fourth-order valence-electron chi connectivity index (χ4n) is 1.19. The highest BCUT2D eigenvalue weighted by Gasteiger charge is 2.27. The van der Waals surface area contributed by atoms with Gasteiger partial charge in [0.05, 0.1) is 0 Å². The van der Waals surface area contributed by atoms with Crippen LogP contribution in [0.15, 0.2) is 23.3 Å². The lowest BCUT2D eigenvalue weighted by Crippen LogP contribution is -2.18. The number of rotatable bonds is 2. The van der Waals surface area contributed by atoms with Crippen molar-refractivity contribution in [3.05, 3.63) is 24.0 Å². The van der Waals surface area contributed by atoms with E-state index in [9.17, 15) is 9.90 Å². The third kappa shape index (κ3) is 1.74. The van der Waals surface area contributed by atoms with Gasteiger partial charge in [0.15, 0.2) is 11.7 Å². The van der Waals surface area contributed by atoms with Crippen molar-refractivity contribution in [2.75, 3.05) is 6.61 Å². The summed E-state index contributed by atoms with van der Waals surface area (Å²) in [6, 6.07) is 2.08. The quantitative estimate of drug-likeness (QED) is 0.714. The van der Waals surface area contributed by atoms with Gasteiger partial charge < -0.3 is 14.9 Å². The normalized spacial score (nSPS) is 19.5. The highest BCUT2D eigenvalue weighted by molar-refractivity contribution is 5.97. The van der Waals surface area contributed by atoms with E-state index in [0.29, 0.717) is 0 Å². The molecule has 0 aromatic carbocycles. The zero-order valence-electron chi connectivity index (χ0n) is 7.62. The van der Waals surface area contributed by atoms with Gasteiger partial charge in [0.1, 0.15) is 12.4 Å². The summed E-state index contributed by atoms with van der Waals surface area (Å²) in [5.74, 6) is -1.07. The van der Waals surface area contributed by atoms with Gasteiger partial charge in [-0.1, -0.05) is 0 Å². The van der Waals surface area contributed by atoms with Crippen LogP contribution >= 0.6 is 0 Å². The van der Waals surface area contributed by atoms with Gasteiger partial charge in [-0.2, -0.15) is 0 Å². The Morgan fingerprint density at radius 3 is 3.00 bits per heavy atom. The Morgan fingerprint density at radius 1 is 1.60 bits per heavy atom. The van der Waals surface area contributed by atoms with Crippen LogP contribution in [0.2, 0.25) is 0 Å². The average molecular weight is 208 g/mol. The second kappa shape index (κ2) is 3.56. The van der Waals surface area contributed by atoms with E-state index in [-0.39, 0.29) is 23.9 Å². The maximum absolute atomic E-state index is 10.6. The highest BCUT2D eigenvalue weighted by Crippen LogP contribution is 2.18. The minimum absolute atomic E-state index is 0.0271. The van der Waals surface area contributed by atoms with Gasteiger partial charge in [0, 0.05) is 6.20 Å². The molecule has 0 radical (unpaired) electrons. The Morgan fingerprint density at radius 2 is 2.40 bits per heavy atom. The van der Waals surface area contributed by atoms with Crippen LogP contribution in [0.1, 0.15) is 5.69 Å². The molecule has 0 spiro atoms. The van der Waals surface area contributed by atoms with Crippen molar-refractivity contribution in [1.82, 2.24) is 4.98 Å². The van der Waals surface area contributed by atoms with Crippen LogP contribution in [0, 0.1) is 0 Å². The molecule has 1 aliphatic rings. The van der Waals surface area contributed by atoms with E-state index in [1.807, 2.05) is 0 Å². The molecule has 0 bridgehead atoms. The summed E-state index contributed by atoms with van der Waals surface area (Å²) in [5.41, 5.74) is 0.168. The minimum Gasteiger partial charge on any atom is -0.505 e. The van der Waals surface area contributed by atoms with Crippen molar-refractivity contribution < 1.29 is 19.7 Å². The number of hydrogen-bond donors (Lipinski definition) is 2. The molecule has 78 valence electrons. The Bertz CT molecular complexity index is 430. The Hall–Kier alpha value is -2.11. The van der Waals surface area contributed by atoms with E-state index in [1.165, 1.54) is 12.3 Å². The van der Waals surface area contributed by atoms with Crippen LogP contribution in [0.5, 0.6) is 5.75 Å². The first-order chi connectivity index (χ1) is 7.18. The summed E-state index contributed by atoms with van der Waals surface area (Å²) in [7, 11) is 0. The molecule has 2 N–H and O–H groups in total. The lowest BCUT2D eigenvalue weighted by Gasteiger charge is -2.01. The van der Waals surface area contributed by atoms with Crippen LogP contribution in [-0.2, 0) is 9.53 Å². The summed E-state index contributed by atoms with van der Waals surface area (Å²) < 4.78 is 5.04. The van der Waals surface area contributed by atoms with Crippen molar-refractivity contribution in [1.29, 1.82) is 0 Å². The highest BCUT2D eigenvalue weighted by atomic mass is 16.5. The maximum atomic E-state index is 10.6. The first kappa shape index (κ1) is 9.45. The number of aromatic hydroxyl groups is 1. The number of aliphatic imine (C=N–C) groups is 1. The third-order valence-electron chi connectivity index (χ3n) is 1.93. The molecule has 0 saturated carbocycles. The Labute approximate surface area is 84.9 Å². The van der Waals surface area contributed by atoms with Crippen LogP contribution in [0.25, 0.3) is 0 Å². The summed E-state index contributed by atoms with van der Waals surface area (Å²) >= 11 is 0. The largest absolute Gasteiger partial charge is 0.505 e. The lowest BCUT2D eigenvalue weighted by molar-refractivity contribution is -0.138. The molecule has 15 heavy (non-hydrogen) atoms. The molecule has 0 saturated heterocycles. The maximum Gasteiger partial charge on any atom is 0.332 e. The Kier molecular flexibility index (Phi) is 2.24. The number of ether oxygens (including phenoxy) is 1. The Balaban J connectivity index is 2.30. The summed E-state index contributed by atoms with van der Waals surface area (Å²) in [6.45, 7) is -0.0271. The number of carboxylic acid groups (broad SMARTS) is 1. The number of pyridine rings is 1. The molecule has 0 unspecified atom stereocenters. The van der Waals surface area contributed by atoms with E-state index in [1.54, 1.807) is 6.07 Å². The number of aliphatic carboxylic acids is 1. The summed E-state index contributed by atoms with van der Waals surface area (Å²) in [5, 5.41) is 18.1. The van der Waals surface area contributed by atoms with Gasteiger partial charge in [-0.15, -0.1) is 0 Å². The van der Waals surface area contributed by atoms with Gasteiger partial charge in [-0.05, 0) is 12.1 Å². The first-order valence-electron chi connectivity index (χ1n) is 4.26. The minimum atomic E-state index is -1.06. The number of hydrogen-bond acceptors (Lipinski definition) is 5. The average Bonchev–Trinajstić information content (AvgIpc) is 2.67.